The molecule has 1 N–H and O–H groups in total. The van der Waals surface area contributed by atoms with Crippen LogP contribution in [0.2, 0.25) is 0 Å². The number of hydrogen-bond acceptors (Lipinski definition) is 3. The van der Waals surface area contributed by atoms with Gasteiger partial charge in [-0.05, 0) is 43.3 Å². The van der Waals surface area contributed by atoms with Gasteiger partial charge in [-0.2, -0.15) is 11.8 Å². The minimum Gasteiger partial charge on any atom is -0.393 e. The second-order valence-corrected chi connectivity index (χ2v) is 7.29. The summed E-state index contributed by atoms with van der Waals surface area (Å²) in [6.45, 7) is 0.868. The Bertz CT molecular complexity index is 259. The Labute approximate surface area is 108 Å². The van der Waals surface area contributed by atoms with Crippen molar-refractivity contribution in [3.63, 3.8) is 0 Å². The van der Waals surface area contributed by atoms with Gasteiger partial charge in [-0.15, -0.1) is 0 Å². The van der Waals surface area contributed by atoms with Crippen LogP contribution in [0.15, 0.2) is 0 Å². The van der Waals surface area contributed by atoms with E-state index in [1.165, 1.54) is 31.4 Å². The Morgan fingerprint density at radius 1 is 1.35 bits per heavy atom. The molecular formula is C14H24O2S. The van der Waals surface area contributed by atoms with E-state index in [1.54, 1.807) is 0 Å². The quantitative estimate of drug-likeness (QED) is 0.842. The van der Waals surface area contributed by atoms with E-state index in [2.05, 4.69) is 0 Å². The van der Waals surface area contributed by atoms with Gasteiger partial charge in [0.05, 0.1) is 11.7 Å². The Morgan fingerprint density at radius 3 is 2.88 bits per heavy atom. The van der Waals surface area contributed by atoms with E-state index in [-0.39, 0.29) is 11.7 Å². The maximum atomic E-state index is 10.4. The van der Waals surface area contributed by atoms with Crippen LogP contribution >= 0.6 is 11.8 Å². The number of thioether (sulfide) groups is 1. The van der Waals surface area contributed by atoms with Crippen LogP contribution in [0.5, 0.6) is 0 Å². The minimum absolute atomic E-state index is 0.0633. The fraction of sp³-hybridized carbons (Fsp3) is 1.00. The molecule has 0 aromatic carbocycles. The van der Waals surface area contributed by atoms with Crippen LogP contribution < -0.4 is 0 Å². The van der Waals surface area contributed by atoms with Crippen LogP contribution in [0, 0.1) is 11.8 Å². The summed E-state index contributed by atoms with van der Waals surface area (Å²) in [6.07, 6.45) is 8.44. The number of rotatable bonds is 3. The van der Waals surface area contributed by atoms with Crippen molar-refractivity contribution in [2.24, 2.45) is 11.8 Å². The average Bonchev–Trinajstić information content (AvgIpc) is 2.71. The van der Waals surface area contributed by atoms with E-state index in [9.17, 15) is 5.11 Å². The van der Waals surface area contributed by atoms with Gasteiger partial charge in [0.15, 0.2) is 0 Å². The molecule has 3 unspecified atom stereocenters. The molecule has 1 saturated carbocycles. The fourth-order valence-electron chi connectivity index (χ4n) is 3.52. The molecule has 3 fully saturated rings. The first kappa shape index (κ1) is 12.3. The van der Waals surface area contributed by atoms with Crippen molar-refractivity contribution < 1.29 is 9.84 Å². The van der Waals surface area contributed by atoms with Gasteiger partial charge in [-0.1, -0.05) is 19.3 Å². The average molecular weight is 256 g/mol. The fourth-order valence-corrected chi connectivity index (χ4v) is 4.90. The zero-order chi connectivity index (χ0) is 11.7. The third-order valence-electron chi connectivity index (χ3n) is 4.94. The molecule has 3 heteroatoms. The molecule has 0 radical (unpaired) electrons. The molecule has 3 atom stereocenters. The van der Waals surface area contributed by atoms with E-state index in [4.69, 9.17) is 4.74 Å². The van der Waals surface area contributed by atoms with E-state index in [0.29, 0.717) is 5.92 Å². The highest BCUT2D eigenvalue weighted by Gasteiger charge is 2.42. The molecule has 2 nitrogen and oxygen atoms in total. The molecule has 17 heavy (non-hydrogen) atoms. The van der Waals surface area contributed by atoms with Crippen LogP contribution in [-0.2, 0) is 4.74 Å². The molecule has 1 spiro atoms. The van der Waals surface area contributed by atoms with Crippen molar-refractivity contribution >= 4 is 11.8 Å². The maximum Gasteiger partial charge on any atom is 0.0783 e. The molecule has 2 aliphatic heterocycles. The topological polar surface area (TPSA) is 29.5 Å². The van der Waals surface area contributed by atoms with Crippen LogP contribution in [0.25, 0.3) is 0 Å². The normalized spacial score (nSPS) is 40.4. The molecule has 3 aliphatic rings. The molecule has 1 aliphatic carbocycles. The van der Waals surface area contributed by atoms with Crippen molar-refractivity contribution in [2.45, 2.75) is 56.7 Å². The molecule has 0 bridgehead atoms. The highest BCUT2D eigenvalue weighted by Crippen LogP contribution is 2.42. The highest BCUT2D eigenvalue weighted by atomic mass is 32.2. The van der Waals surface area contributed by atoms with Crippen LogP contribution in [0.3, 0.4) is 0 Å². The summed E-state index contributed by atoms with van der Waals surface area (Å²) in [6, 6.07) is 0. The SMILES string of the molecule is OC(CC1CCC1)C1CCOC2(CCSC2)C1. The zero-order valence-corrected chi connectivity index (χ0v) is 11.4. The molecule has 0 aromatic rings. The second kappa shape index (κ2) is 5.10. The summed E-state index contributed by atoms with van der Waals surface area (Å²) in [5.41, 5.74) is 0.133. The molecule has 0 amide bonds. The van der Waals surface area contributed by atoms with Crippen LogP contribution in [-0.4, -0.2) is 34.9 Å². The molecule has 0 aromatic heterocycles. The number of hydrogen-bond donors (Lipinski definition) is 1. The van der Waals surface area contributed by atoms with Gasteiger partial charge in [-0.3, -0.25) is 0 Å². The van der Waals surface area contributed by atoms with Crippen molar-refractivity contribution in [1.29, 1.82) is 0 Å². The van der Waals surface area contributed by atoms with Gasteiger partial charge in [0.2, 0.25) is 0 Å². The number of aliphatic hydroxyl groups excluding tert-OH is 1. The highest BCUT2D eigenvalue weighted by molar-refractivity contribution is 7.99. The van der Waals surface area contributed by atoms with Gasteiger partial charge in [0.1, 0.15) is 0 Å². The molecule has 2 heterocycles. The summed E-state index contributed by atoms with van der Waals surface area (Å²) in [4.78, 5) is 0. The van der Waals surface area contributed by atoms with Crippen molar-refractivity contribution in [1.82, 2.24) is 0 Å². The van der Waals surface area contributed by atoms with E-state index >= 15 is 0 Å². The molecule has 2 saturated heterocycles. The first-order valence-corrected chi connectivity index (χ1v) is 8.33. The standard InChI is InChI=1S/C14H24O2S/c15-13(8-11-2-1-3-11)12-4-6-16-14(9-12)5-7-17-10-14/h11-13,15H,1-10H2. The van der Waals surface area contributed by atoms with E-state index < -0.39 is 0 Å². The Hall–Kier alpha value is 0.270. The lowest BCUT2D eigenvalue weighted by Crippen LogP contribution is -2.43. The largest absolute Gasteiger partial charge is 0.393 e. The van der Waals surface area contributed by atoms with Crippen LogP contribution in [0.4, 0.5) is 0 Å². The van der Waals surface area contributed by atoms with Crippen LogP contribution in [0.1, 0.15) is 44.9 Å². The summed E-state index contributed by atoms with van der Waals surface area (Å²) >= 11 is 2.02. The number of aliphatic hydroxyl groups is 1. The summed E-state index contributed by atoms with van der Waals surface area (Å²) in [5, 5.41) is 10.4. The third-order valence-corrected chi connectivity index (χ3v) is 6.16. The second-order valence-electron chi connectivity index (χ2n) is 6.19. The van der Waals surface area contributed by atoms with Gasteiger partial charge in [0.25, 0.3) is 0 Å². The number of ether oxygens (including phenoxy) is 1. The maximum absolute atomic E-state index is 10.4. The molecule has 3 rings (SSSR count). The van der Waals surface area contributed by atoms with Gasteiger partial charge in [-0.25, -0.2) is 0 Å². The summed E-state index contributed by atoms with van der Waals surface area (Å²) in [7, 11) is 0. The Balaban J connectivity index is 1.55. The zero-order valence-electron chi connectivity index (χ0n) is 10.6. The molecule has 98 valence electrons. The predicted octanol–water partition coefficient (Wildman–Crippen LogP) is 2.84. The summed E-state index contributed by atoms with van der Waals surface area (Å²) < 4.78 is 6.02. The van der Waals surface area contributed by atoms with E-state index in [1.807, 2.05) is 11.8 Å². The Kier molecular flexibility index (Phi) is 3.69. The predicted molar refractivity (Wildman–Crippen MR) is 71.3 cm³/mol. The van der Waals surface area contributed by atoms with Crippen molar-refractivity contribution in [2.75, 3.05) is 18.1 Å². The lowest BCUT2D eigenvalue weighted by Gasteiger charge is -2.40. The van der Waals surface area contributed by atoms with Crippen molar-refractivity contribution in [3.05, 3.63) is 0 Å². The van der Waals surface area contributed by atoms with Crippen molar-refractivity contribution in [3.8, 4) is 0 Å². The minimum atomic E-state index is -0.0633. The van der Waals surface area contributed by atoms with Gasteiger partial charge >= 0.3 is 0 Å². The smallest absolute Gasteiger partial charge is 0.0783 e. The first-order valence-electron chi connectivity index (χ1n) is 7.17. The first-order chi connectivity index (χ1) is 8.27. The molecular weight excluding hydrogens is 232 g/mol. The lowest BCUT2D eigenvalue weighted by molar-refractivity contribution is -0.105. The summed E-state index contributed by atoms with van der Waals surface area (Å²) in [5.74, 6) is 3.72. The lowest BCUT2D eigenvalue weighted by atomic mass is 9.75. The third kappa shape index (κ3) is 2.66. The van der Waals surface area contributed by atoms with Gasteiger partial charge < -0.3 is 9.84 Å². The Morgan fingerprint density at radius 2 is 2.24 bits per heavy atom. The van der Waals surface area contributed by atoms with Gasteiger partial charge in [0, 0.05) is 12.4 Å². The van der Waals surface area contributed by atoms with E-state index in [0.717, 1.165) is 37.5 Å². The monoisotopic (exact) mass is 256 g/mol.